The molecule has 4 nitrogen and oxygen atoms in total. The number of aliphatic hydroxyl groups is 1. The lowest BCUT2D eigenvalue weighted by atomic mass is 10.1. The first-order chi connectivity index (χ1) is 7.85. The zero-order valence-corrected chi connectivity index (χ0v) is 9.89. The summed E-state index contributed by atoms with van der Waals surface area (Å²) in [5.74, 6) is 1.52. The quantitative estimate of drug-likeness (QED) is 0.787. The highest BCUT2D eigenvalue weighted by molar-refractivity contribution is 4.93. The van der Waals surface area contributed by atoms with Gasteiger partial charge in [0.1, 0.15) is 5.82 Å². The number of aryl methyl sites for hydroxylation is 1. The maximum Gasteiger partial charge on any atom is 0.122 e. The molecule has 1 fully saturated rings. The minimum Gasteiger partial charge on any atom is -0.396 e. The minimum atomic E-state index is 0.305. The second kappa shape index (κ2) is 5.46. The van der Waals surface area contributed by atoms with Crippen LogP contribution >= 0.6 is 0 Å². The number of imidazole rings is 1. The Kier molecular flexibility index (Phi) is 3.96. The Morgan fingerprint density at radius 2 is 2.44 bits per heavy atom. The van der Waals surface area contributed by atoms with Crippen molar-refractivity contribution in [3.63, 3.8) is 0 Å². The summed E-state index contributed by atoms with van der Waals surface area (Å²) in [5.41, 5.74) is 0. The predicted molar refractivity (Wildman–Crippen MR) is 63.0 cm³/mol. The maximum absolute atomic E-state index is 9.23. The summed E-state index contributed by atoms with van der Waals surface area (Å²) >= 11 is 0. The molecule has 0 spiro atoms. The molecule has 0 aromatic carbocycles. The van der Waals surface area contributed by atoms with Gasteiger partial charge < -0.3 is 15.0 Å². The summed E-state index contributed by atoms with van der Waals surface area (Å²) in [6, 6.07) is 0.465. The van der Waals surface area contributed by atoms with Gasteiger partial charge in [-0.05, 0) is 25.7 Å². The van der Waals surface area contributed by atoms with Crippen LogP contribution in [-0.4, -0.2) is 27.3 Å². The second-order valence-electron chi connectivity index (χ2n) is 4.49. The summed E-state index contributed by atoms with van der Waals surface area (Å²) < 4.78 is 2.15. The summed E-state index contributed by atoms with van der Waals surface area (Å²) in [7, 11) is 0. The SMILES string of the molecule is CCn1ccnc1CNC1CCCC1CO. The molecular formula is C12H21N3O. The second-order valence-corrected chi connectivity index (χ2v) is 4.49. The number of nitrogens with one attached hydrogen (secondary N) is 1. The topological polar surface area (TPSA) is 50.1 Å². The van der Waals surface area contributed by atoms with Crippen molar-refractivity contribution in [2.45, 2.75) is 45.3 Å². The first-order valence-corrected chi connectivity index (χ1v) is 6.19. The average Bonchev–Trinajstić information content (AvgIpc) is 2.94. The standard InChI is InChI=1S/C12H21N3O/c1-2-15-7-6-13-12(15)8-14-11-5-3-4-10(11)9-16/h6-7,10-11,14,16H,2-5,8-9H2,1H3. The van der Waals surface area contributed by atoms with E-state index in [-0.39, 0.29) is 0 Å². The van der Waals surface area contributed by atoms with Gasteiger partial charge in [-0.15, -0.1) is 0 Å². The molecule has 4 heteroatoms. The van der Waals surface area contributed by atoms with Crippen molar-refractivity contribution in [3.8, 4) is 0 Å². The summed E-state index contributed by atoms with van der Waals surface area (Å²) in [5, 5.41) is 12.7. The van der Waals surface area contributed by atoms with Gasteiger partial charge in [-0.1, -0.05) is 6.42 Å². The van der Waals surface area contributed by atoms with Crippen molar-refractivity contribution >= 4 is 0 Å². The third-order valence-electron chi connectivity index (χ3n) is 3.56. The Morgan fingerprint density at radius 1 is 1.56 bits per heavy atom. The Hall–Kier alpha value is -0.870. The predicted octanol–water partition coefficient (Wildman–Crippen LogP) is 1.15. The van der Waals surface area contributed by atoms with Gasteiger partial charge in [0.05, 0.1) is 6.54 Å². The number of rotatable bonds is 5. The lowest BCUT2D eigenvalue weighted by Gasteiger charge is -2.19. The van der Waals surface area contributed by atoms with Crippen LogP contribution in [0, 0.1) is 5.92 Å². The van der Waals surface area contributed by atoms with Crippen molar-refractivity contribution in [1.82, 2.24) is 14.9 Å². The van der Waals surface area contributed by atoms with E-state index >= 15 is 0 Å². The van der Waals surface area contributed by atoms with Gasteiger partial charge in [0.15, 0.2) is 0 Å². The van der Waals surface area contributed by atoms with Crippen molar-refractivity contribution in [3.05, 3.63) is 18.2 Å². The molecule has 1 aliphatic carbocycles. The number of hydrogen-bond acceptors (Lipinski definition) is 3. The largest absolute Gasteiger partial charge is 0.396 e. The minimum absolute atomic E-state index is 0.305. The number of aliphatic hydroxyl groups excluding tert-OH is 1. The van der Waals surface area contributed by atoms with Gasteiger partial charge in [-0.3, -0.25) is 0 Å². The van der Waals surface area contributed by atoms with Gasteiger partial charge >= 0.3 is 0 Å². The fourth-order valence-electron chi connectivity index (χ4n) is 2.54. The third kappa shape index (κ3) is 2.44. The van der Waals surface area contributed by atoms with Crippen LogP contribution in [0.5, 0.6) is 0 Å². The lowest BCUT2D eigenvalue weighted by molar-refractivity contribution is 0.204. The number of hydrogen-bond donors (Lipinski definition) is 2. The van der Waals surface area contributed by atoms with Crippen LogP contribution in [0.1, 0.15) is 32.0 Å². The molecule has 0 bridgehead atoms. The molecule has 2 N–H and O–H groups in total. The van der Waals surface area contributed by atoms with Crippen LogP contribution < -0.4 is 5.32 Å². The summed E-state index contributed by atoms with van der Waals surface area (Å²) in [4.78, 5) is 4.34. The van der Waals surface area contributed by atoms with E-state index in [1.807, 2.05) is 12.4 Å². The van der Waals surface area contributed by atoms with Crippen molar-refractivity contribution in [2.24, 2.45) is 5.92 Å². The molecular weight excluding hydrogens is 202 g/mol. The molecule has 1 aromatic heterocycles. The molecule has 1 aromatic rings. The first-order valence-electron chi connectivity index (χ1n) is 6.19. The Bertz CT molecular complexity index is 324. The van der Waals surface area contributed by atoms with Crippen molar-refractivity contribution in [1.29, 1.82) is 0 Å². The van der Waals surface area contributed by atoms with E-state index in [1.165, 1.54) is 12.8 Å². The van der Waals surface area contributed by atoms with E-state index < -0.39 is 0 Å². The molecule has 2 atom stereocenters. The molecule has 0 amide bonds. The monoisotopic (exact) mass is 223 g/mol. The Balaban J connectivity index is 1.87. The van der Waals surface area contributed by atoms with Gasteiger partial charge in [0.2, 0.25) is 0 Å². The highest BCUT2D eigenvalue weighted by atomic mass is 16.3. The van der Waals surface area contributed by atoms with Crippen LogP contribution in [0.25, 0.3) is 0 Å². The maximum atomic E-state index is 9.23. The molecule has 2 rings (SSSR count). The average molecular weight is 223 g/mol. The molecule has 2 unspecified atom stereocenters. The highest BCUT2D eigenvalue weighted by Gasteiger charge is 2.26. The van der Waals surface area contributed by atoms with E-state index in [2.05, 4.69) is 21.8 Å². The summed E-state index contributed by atoms with van der Waals surface area (Å²) in [6.45, 7) is 4.20. The molecule has 0 saturated heterocycles. The zero-order valence-electron chi connectivity index (χ0n) is 9.89. The Morgan fingerprint density at radius 3 is 3.19 bits per heavy atom. The molecule has 16 heavy (non-hydrogen) atoms. The van der Waals surface area contributed by atoms with E-state index in [0.717, 1.165) is 25.3 Å². The van der Waals surface area contributed by atoms with E-state index in [4.69, 9.17) is 0 Å². The van der Waals surface area contributed by atoms with Gasteiger partial charge in [-0.25, -0.2) is 4.98 Å². The van der Waals surface area contributed by atoms with Crippen LogP contribution in [-0.2, 0) is 13.1 Å². The Labute approximate surface area is 96.7 Å². The van der Waals surface area contributed by atoms with Gasteiger partial charge in [0.25, 0.3) is 0 Å². The van der Waals surface area contributed by atoms with E-state index in [9.17, 15) is 5.11 Å². The molecule has 1 heterocycles. The fraction of sp³-hybridized carbons (Fsp3) is 0.750. The molecule has 90 valence electrons. The summed E-state index contributed by atoms with van der Waals surface area (Å²) in [6.07, 6.45) is 7.41. The van der Waals surface area contributed by atoms with Crippen molar-refractivity contribution in [2.75, 3.05) is 6.61 Å². The van der Waals surface area contributed by atoms with Crippen LogP contribution in [0.3, 0.4) is 0 Å². The van der Waals surface area contributed by atoms with E-state index in [0.29, 0.717) is 18.6 Å². The molecule has 0 radical (unpaired) electrons. The smallest absolute Gasteiger partial charge is 0.122 e. The van der Waals surface area contributed by atoms with Crippen molar-refractivity contribution < 1.29 is 5.11 Å². The first kappa shape index (κ1) is 11.6. The molecule has 1 aliphatic rings. The fourth-order valence-corrected chi connectivity index (χ4v) is 2.54. The van der Waals surface area contributed by atoms with Gasteiger partial charge in [-0.2, -0.15) is 0 Å². The zero-order chi connectivity index (χ0) is 11.4. The van der Waals surface area contributed by atoms with E-state index in [1.54, 1.807) is 0 Å². The van der Waals surface area contributed by atoms with Gasteiger partial charge in [0, 0.05) is 31.6 Å². The highest BCUT2D eigenvalue weighted by Crippen LogP contribution is 2.25. The normalized spacial score (nSPS) is 25.1. The van der Waals surface area contributed by atoms with Crippen LogP contribution in [0.2, 0.25) is 0 Å². The van der Waals surface area contributed by atoms with Crippen LogP contribution in [0.4, 0.5) is 0 Å². The molecule has 1 saturated carbocycles. The lowest BCUT2D eigenvalue weighted by Crippen LogP contribution is -2.34. The third-order valence-corrected chi connectivity index (χ3v) is 3.56. The number of nitrogens with zero attached hydrogens (tertiary/aromatic N) is 2. The number of aromatic nitrogens is 2. The van der Waals surface area contributed by atoms with Crippen LogP contribution in [0.15, 0.2) is 12.4 Å². The molecule has 0 aliphatic heterocycles.